The minimum atomic E-state index is -3.34. The lowest BCUT2D eigenvalue weighted by Gasteiger charge is -2.18. The molecule has 1 aromatic carbocycles. The summed E-state index contributed by atoms with van der Waals surface area (Å²) in [6, 6.07) is 4.92. The van der Waals surface area contributed by atoms with Gasteiger partial charge in [0.05, 0.1) is 20.0 Å². The quantitative estimate of drug-likeness (QED) is 0.556. The molecular weight excluding hydrogens is 314 g/mol. The maximum atomic E-state index is 12.0. The third-order valence-electron chi connectivity index (χ3n) is 3.06. The Kier molecular flexibility index (Phi) is 7.28. The molecule has 0 aromatic heterocycles. The molecule has 120 valence electrons. The van der Waals surface area contributed by atoms with Gasteiger partial charge in [-0.25, -0.2) is 13.1 Å². The minimum absolute atomic E-state index is 0.0720. The van der Waals surface area contributed by atoms with Gasteiger partial charge in [-0.1, -0.05) is 6.07 Å². The number of hydrogen-bond donors (Lipinski definition) is 1. The van der Waals surface area contributed by atoms with Gasteiger partial charge in [0.2, 0.25) is 10.0 Å². The number of hydrogen-bond acceptors (Lipinski definition) is 4. The summed E-state index contributed by atoms with van der Waals surface area (Å²) in [6.45, 7) is 1.78. The van der Waals surface area contributed by atoms with Crippen molar-refractivity contribution in [2.75, 3.05) is 25.9 Å². The summed E-state index contributed by atoms with van der Waals surface area (Å²) in [5.41, 5.74) is 0.763. The van der Waals surface area contributed by atoms with E-state index >= 15 is 0 Å². The van der Waals surface area contributed by atoms with E-state index in [0.29, 0.717) is 30.2 Å². The predicted molar refractivity (Wildman–Crippen MR) is 84.8 cm³/mol. The van der Waals surface area contributed by atoms with E-state index in [2.05, 4.69) is 4.72 Å². The molecule has 1 unspecified atom stereocenters. The number of sulfonamides is 1. The average molecular weight is 336 g/mol. The van der Waals surface area contributed by atoms with Crippen LogP contribution in [0.15, 0.2) is 18.2 Å². The highest BCUT2D eigenvalue weighted by Crippen LogP contribution is 2.29. The molecule has 0 fully saturated rings. The number of halogens is 1. The first-order valence-electron chi connectivity index (χ1n) is 6.71. The molecule has 0 saturated heterocycles. The Hall–Kier alpha value is -0.980. The zero-order valence-electron chi connectivity index (χ0n) is 12.6. The fourth-order valence-corrected chi connectivity index (χ4v) is 3.51. The molecule has 1 N–H and O–H groups in total. The lowest BCUT2D eigenvalue weighted by molar-refractivity contribution is 0.388. The van der Waals surface area contributed by atoms with E-state index in [9.17, 15) is 8.42 Å². The molecule has 0 amide bonds. The van der Waals surface area contributed by atoms with Crippen molar-refractivity contribution in [2.24, 2.45) is 0 Å². The third-order valence-corrected chi connectivity index (χ3v) is 4.87. The summed E-state index contributed by atoms with van der Waals surface area (Å²) in [4.78, 5) is 0. The van der Waals surface area contributed by atoms with Crippen molar-refractivity contribution in [3.05, 3.63) is 23.8 Å². The highest BCUT2D eigenvalue weighted by molar-refractivity contribution is 7.89. The number of methoxy groups -OCH3 is 2. The molecule has 0 radical (unpaired) electrons. The molecule has 1 rings (SSSR count). The fraction of sp³-hybridized carbons (Fsp3) is 0.571. The van der Waals surface area contributed by atoms with Crippen molar-refractivity contribution in [3.63, 3.8) is 0 Å². The highest BCUT2D eigenvalue weighted by Gasteiger charge is 2.18. The summed E-state index contributed by atoms with van der Waals surface area (Å²) in [6.07, 6.45) is 1.23. The Morgan fingerprint density at radius 1 is 1.24 bits per heavy atom. The van der Waals surface area contributed by atoms with Crippen molar-refractivity contribution in [3.8, 4) is 11.5 Å². The van der Waals surface area contributed by atoms with Crippen molar-refractivity contribution in [1.29, 1.82) is 0 Å². The first-order valence-corrected chi connectivity index (χ1v) is 8.90. The van der Waals surface area contributed by atoms with Crippen LogP contribution in [-0.2, 0) is 10.0 Å². The molecule has 1 atom stereocenters. The van der Waals surface area contributed by atoms with Crippen LogP contribution in [-0.4, -0.2) is 34.3 Å². The molecule has 0 aliphatic heterocycles. The number of rotatable bonds is 9. The topological polar surface area (TPSA) is 64.6 Å². The lowest BCUT2D eigenvalue weighted by Crippen LogP contribution is -2.29. The molecule has 0 aliphatic rings. The van der Waals surface area contributed by atoms with Crippen molar-refractivity contribution < 1.29 is 17.9 Å². The van der Waals surface area contributed by atoms with Crippen LogP contribution in [0.2, 0.25) is 0 Å². The van der Waals surface area contributed by atoms with Gasteiger partial charge in [-0.05, 0) is 25.8 Å². The van der Waals surface area contributed by atoms with E-state index in [1.807, 2.05) is 0 Å². The third kappa shape index (κ3) is 5.73. The second kappa shape index (κ2) is 8.46. The Balaban J connectivity index is 2.81. The van der Waals surface area contributed by atoms with Gasteiger partial charge in [-0.2, -0.15) is 0 Å². The molecule has 1 aromatic rings. The first kappa shape index (κ1) is 18.1. The number of benzene rings is 1. The summed E-state index contributed by atoms with van der Waals surface area (Å²) in [7, 11) is -0.229. The Labute approximate surface area is 131 Å². The van der Waals surface area contributed by atoms with Crippen LogP contribution < -0.4 is 14.2 Å². The second-order valence-electron chi connectivity index (χ2n) is 4.66. The standard InChI is InChI=1S/C14H22ClNO4S/c1-11(16-21(17,18)9-5-4-8-15)13-7-6-12(19-2)10-14(13)20-3/h6-7,10-11,16H,4-5,8-9H2,1-3H3. The summed E-state index contributed by atoms with van der Waals surface area (Å²) >= 11 is 5.56. The smallest absolute Gasteiger partial charge is 0.212 e. The van der Waals surface area contributed by atoms with Gasteiger partial charge in [0.25, 0.3) is 0 Å². The molecule has 0 bridgehead atoms. The Bertz CT molecular complexity index is 548. The van der Waals surface area contributed by atoms with E-state index in [1.54, 1.807) is 39.3 Å². The van der Waals surface area contributed by atoms with Crippen LogP contribution >= 0.6 is 11.6 Å². The SMILES string of the molecule is COc1ccc(C(C)NS(=O)(=O)CCCCCl)c(OC)c1. The van der Waals surface area contributed by atoms with Gasteiger partial charge in [0.1, 0.15) is 11.5 Å². The van der Waals surface area contributed by atoms with Gasteiger partial charge in [-0.3, -0.25) is 0 Å². The van der Waals surface area contributed by atoms with Gasteiger partial charge >= 0.3 is 0 Å². The molecule has 0 saturated carbocycles. The maximum Gasteiger partial charge on any atom is 0.212 e. The fourth-order valence-electron chi connectivity index (χ4n) is 1.95. The minimum Gasteiger partial charge on any atom is -0.497 e. The number of ether oxygens (including phenoxy) is 2. The van der Waals surface area contributed by atoms with E-state index in [4.69, 9.17) is 21.1 Å². The van der Waals surface area contributed by atoms with Crippen LogP contribution in [0.4, 0.5) is 0 Å². The average Bonchev–Trinajstić information content (AvgIpc) is 2.46. The van der Waals surface area contributed by atoms with Crippen molar-refractivity contribution >= 4 is 21.6 Å². The van der Waals surface area contributed by atoms with Gasteiger partial charge < -0.3 is 9.47 Å². The number of nitrogens with one attached hydrogen (secondary N) is 1. The Morgan fingerprint density at radius 3 is 2.52 bits per heavy atom. The molecular formula is C14H22ClNO4S. The van der Waals surface area contributed by atoms with Crippen LogP contribution in [0.5, 0.6) is 11.5 Å². The molecule has 0 heterocycles. The van der Waals surface area contributed by atoms with Crippen LogP contribution in [0.3, 0.4) is 0 Å². The molecule has 5 nitrogen and oxygen atoms in total. The zero-order chi connectivity index (χ0) is 15.9. The largest absolute Gasteiger partial charge is 0.497 e. The highest BCUT2D eigenvalue weighted by atomic mass is 35.5. The van der Waals surface area contributed by atoms with Gasteiger partial charge in [0, 0.05) is 23.6 Å². The zero-order valence-corrected chi connectivity index (χ0v) is 14.1. The lowest BCUT2D eigenvalue weighted by atomic mass is 10.1. The predicted octanol–water partition coefficient (Wildman–Crippen LogP) is 2.70. The van der Waals surface area contributed by atoms with Crippen LogP contribution in [0, 0.1) is 0 Å². The number of unbranched alkanes of at least 4 members (excludes halogenated alkanes) is 1. The van der Waals surface area contributed by atoms with E-state index in [-0.39, 0.29) is 11.8 Å². The maximum absolute atomic E-state index is 12.0. The van der Waals surface area contributed by atoms with E-state index in [0.717, 1.165) is 5.56 Å². The summed E-state index contributed by atoms with van der Waals surface area (Å²) < 4.78 is 37.1. The molecule has 7 heteroatoms. The van der Waals surface area contributed by atoms with Gasteiger partial charge in [0.15, 0.2) is 0 Å². The monoisotopic (exact) mass is 335 g/mol. The van der Waals surface area contributed by atoms with Crippen LogP contribution in [0.25, 0.3) is 0 Å². The molecule has 0 spiro atoms. The normalized spacial score (nSPS) is 13.0. The number of alkyl halides is 1. The summed E-state index contributed by atoms with van der Waals surface area (Å²) in [5, 5.41) is 0. The summed E-state index contributed by atoms with van der Waals surface area (Å²) in [5.74, 6) is 1.79. The van der Waals surface area contributed by atoms with Gasteiger partial charge in [-0.15, -0.1) is 11.6 Å². The first-order chi connectivity index (χ1) is 9.93. The van der Waals surface area contributed by atoms with Crippen LogP contribution in [0.1, 0.15) is 31.4 Å². The second-order valence-corrected chi connectivity index (χ2v) is 6.91. The van der Waals surface area contributed by atoms with E-state index in [1.165, 1.54) is 0 Å². The molecule has 0 aliphatic carbocycles. The van der Waals surface area contributed by atoms with Crippen molar-refractivity contribution in [2.45, 2.75) is 25.8 Å². The molecule has 21 heavy (non-hydrogen) atoms. The van der Waals surface area contributed by atoms with Crippen molar-refractivity contribution in [1.82, 2.24) is 4.72 Å². The van der Waals surface area contributed by atoms with E-state index < -0.39 is 10.0 Å². The Morgan fingerprint density at radius 2 is 1.95 bits per heavy atom.